The third kappa shape index (κ3) is 57.1. The highest BCUT2D eigenvalue weighted by molar-refractivity contribution is 5.77. The quantitative estimate of drug-likeness (QED) is 0.0251. The van der Waals surface area contributed by atoms with Crippen molar-refractivity contribution in [3.63, 3.8) is 0 Å². The molecule has 0 aromatic carbocycles. The minimum atomic E-state index is -0.934. The summed E-state index contributed by atoms with van der Waals surface area (Å²) in [4.78, 5) is 98.9. The highest BCUT2D eigenvalue weighted by Gasteiger charge is 2.33. The number of amides is 4. The zero-order valence-electron chi connectivity index (χ0n) is 53.8. The van der Waals surface area contributed by atoms with Gasteiger partial charge in [-0.05, 0) is 77.0 Å². The fourth-order valence-corrected chi connectivity index (χ4v) is 8.64. The van der Waals surface area contributed by atoms with Crippen LogP contribution in [-0.2, 0) is 76.3 Å². The zero-order chi connectivity index (χ0) is 62.4. The molecule has 0 saturated heterocycles. The number of rotatable bonds is 64. The Morgan fingerprint density at radius 2 is 0.447 bits per heavy atom. The lowest BCUT2D eigenvalue weighted by Gasteiger charge is -2.33. The highest BCUT2D eigenvalue weighted by atomic mass is 16.5. The molecule has 0 aliphatic rings. The molecule has 0 saturated carbocycles. The summed E-state index contributed by atoms with van der Waals surface area (Å²) in [7, 11) is 0. The van der Waals surface area contributed by atoms with Crippen LogP contribution in [0.1, 0.15) is 259 Å². The maximum absolute atomic E-state index is 12.9. The van der Waals surface area contributed by atoms with Gasteiger partial charge in [0, 0.05) is 77.5 Å². The van der Waals surface area contributed by atoms with Crippen LogP contribution in [-0.4, -0.2) is 153 Å². The Hall–Kier alpha value is -4.40. The van der Waals surface area contributed by atoms with Crippen LogP contribution in [0.5, 0.6) is 0 Å². The molecule has 0 rings (SSSR count). The second-order valence-electron chi connectivity index (χ2n) is 22.5. The zero-order valence-corrected chi connectivity index (χ0v) is 53.8. The van der Waals surface area contributed by atoms with E-state index in [-0.39, 0.29) is 126 Å². The van der Waals surface area contributed by atoms with Crippen molar-refractivity contribution >= 4 is 47.5 Å². The van der Waals surface area contributed by atoms with E-state index in [1.54, 1.807) is 0 Å². The van der Waals surface area contributed by atoms with Crippen LogP contribution in [0.2, 0.25) is 0 Å². The molecule has 0 heterocycles. The van der Waals surface area contributed by atoms with Gasteiger partial charge in [-0.15, -0.1) is 0 Å². The van der Waals surface area contributed by atoms with Gasteiger partial charge in [-0.1, -0.05) is 130 Å². The number of nitrogens with one attached hydrogen (secondary N) is 4. The standard InChI is InChI=1S/C65H120N4O16/c1-5-9-45-82-61(74)33-25-17-13-21-29-41-66-57(70)37-49-78-53-65(54-79-50-38-58(71)67-42-30-22-14-18-26-34-62(75)83-46-10-6-2,55-80-51-39-59(72)68-43-31-23-15-19-27-35-63(76)84-47-11-7-3)56-81-52-40-60(73)69-44-32-24-16-20-28-36-64(77)85-48-12-8-4/h5-56H2,1-4H3,(H,66,70)(H,67,71)(H,68,72)(H,69,73). The number of carbonyl (C=O) groups is 8. The second-order valence-corrected chi connectivity index (χ2v) is 22.5. The molecule has 0 radical (unpaired) electrons. The van der Waals surface area contributed by atoms with Gasteiger partial charge in [0.15, 0.2) is 0 Å². The van der Waals surface area contributed by atoms with E-state index in [2.05, 4.69) is 49.0 Å². The molecule has 85 heavy (non-hydrogen) atoms. The van der Waals surface area contributed by atoms with Gasteiger partial charge >= 0.3 is 23.9 Å². The predicted molar refractivity (Wildman–Crippen MR) is 330 cm³/mol. The molecule has 0 fully saturated rings. The Kier molecular flexibility index (Phi) is 58.1. The third-order valence-corrected chi connectivity index (χ3v) is 14.1. The van der Waals surface area contributed by atoms with Crippen molar-refractivity contribution in [2.24, 2.45) is 5.41 Å². The van der Waals surface area contributed by atoms with Crippen molar-refractivity contribution in [1.82, 2.24) is 21.3 Å². The van der Waals surface area contributed by atoms with Gasteiger partial charge in [-0.25, -0.2) is 0 Å². The fourth-order valence-electron chi connectivity index (χ4n) is 8.64. The third-order valence-electron chi connectivity index (χ3n) is 14.1. The summed E-state index contributed by atoms with van der Waals surface area (Å²) in [6.45, 7) is 13.0. The van der Waals surface area contributed by atoms with Crippen LogP contribution < -0.4 is 21.3 Å². The average molecular weight is 1210 g/mol. The van der Waals surface area contributed by atoms with E-state index in [1.807, 2.05) is 0 Å². The minimum absolute atomic E-state index is 0.0666. The molecular weight excluding hydrogens is 1090 g/mol. The van der Waals surface area contributed by atoms with Crippen LogP contribution in [0.4, 0.5) is 0 Å². The van der Waals surface area contributed by atoms with Gasteiger partial charge in [-0.3, -0.25) is 38.4 Å². The Balaban J connectivity index is 5.48. The first-order valence-corrected chi connectivity index (χ1v) is 33.4. The number of ether oxygens (including phenoxy) is 8. The van der Waals surface area contributed by atoms with Gasteiger partial charge in [-0.2, -0.15) is 0 Å². The summed E-state index contributed by atoms with van der Waals surface area (Å²) in [5.41, 5.74) is -0.934. The SMILES string of the molecule is CCCCOC(=O)CCCCCCCNC(=O)CCOCC(COCCC(=O)NCCCCCCCC(=O)OCCCC)(COCCC(=O)NCCCCCCCC(=O)OCCCC)COCCC(=O)NCCCCCCCC(=O)OCCCC. The number of hydrogen-bond acceptors (Lipinski definition) is 16. The first-order valence-electron chi connectivity index (χ1n) is 33.4. The van der Waals surface area contributed by atoms with Crippen molar-refractivity contribution in [3.8, 4) is 0 Å². The molecule has 0 atom stereocenters. The molecule has 0 aromatic heterocycles. The molecule has 496 valence electrons. The molecule has 0 aromatic rings. The van der Waals surface area contributed by atoms with Crippen molar-refractivity contribution < 1.29 is 76.3 Å². The van der Waals surface area contributed by atoms with E-state index < -0.39 is 5.41 Å². The van der Waals surface area contributed by atoms with Gasteiger partial charge in [0.25, 0.3) is 0 Å². The van der Waals surface area contributed by atoms with Crippen LogP contribution in [0.25, 0.3) is 0 Å². The summed E-state index contributed by atoms with van der Waals surface area (Å²) < 4.78 is 45.6. The van der Waals surface area contributed by atoms with Crippen LogP contribution >= 0.6 is 0 Å². The lowest BCUT2D eigenvalue weighted by atomic mass is 9.92. The van der Waals surface area contributed by atoms with E-state index in [0.29, 0.717) is 78.3 Å². The van der Waals surface area contributed by atoms with Gasteiger partial charge in [0.1, 0.15) is 0 Å². The van der Waals surface area contributed by atoms with E-state index in [1.165, 1.54) is 0 Å². The van der Waals surface area contributed by atoms with Gasteiger partial charge < -0.3 is 59.2 Å². The molecule has 0 aliphatic carbocycles. The summed E-state index contributed by atoms with van der Waals surface area (Å²) in [6, 6.07) is 0. The number of esters is 4. The smallest absolute Gasteiger partial charge is 0.305 e. The fraction of sp³-hybridized carbons (Fsp3) is 0.877. The first kappa shape index (κ1) is 80.6. The molecule has 4 N–H and O–H groups in total. The molecule has 0 unspecified atom stereocenters. The summed E-state index contributed by atoms with van der Waals surface area (Å²) in [5.74, 6) is -1.16. The van der Waals surface area contributed by atoms with Gasteiger partial charge in [0.05, 0.1) is 84.7 Å². The summed E-state index contributed by atoms with van der Waals surface area (Å²) in [5, 5.41) is 11.9. The molecule has 0 aliphatic heterocycles. The number of hydrogen-bond donors (Lipinski definition) is 4. The van der Waals surface area contributed by atoms with Crippen molar-refractivity contribution in [1.29, 1.82) is 0 Å². The van der Waals surface area contributed by atoms with E-state index in [9.17, 15) is 38.4 Å². The minimum Gasteiger partial charge on any atom is -0.466 e. The van der Waals surface area contributed by atoms with E-state index in [0.717, 1.165) is 180 Å². The van der Waals surface area contributed by atoms with Crippen molar-refractivity contribution in [3.05, 3.63) is 0 Å². The highest BCUT2D eigenvalue weighted by Crippen LogP contribution is 2.22. The molecular formula is C65H120N4O16. The molecule has 4 amide bonds. The molecule has 0 spiro atoms. The first-order chi connectivity index (χ1) is 41.4. The van der Waals surface area contributed by atoms with Crippen LogP contribution in [0.3, 0.4) is 0 Å². The van der Waals surface area contributed by atoms with Crippen LogP contribution in [0, 0.1) is 5.41 Å². The monoisotopic (exact) mass is 1210 g/mol. The van der Waals surface area contributed by atoms with Crippen LogP contribution in [0.15, 0.2) is 0 Å². The van der Waals surface area contributed by atoms with E-state index in [4.69, 9.17) is 37.9 Å². The topological polar surface area (TPSA) is 259 Å². The Morgan fingerprint density at radius 1 is 0.247 bits per heavy atom. The predicted octanol–water partition coefficient (Wildman–Crippen LogP) is 10.8. The van der Waals surface area contributed by atoms with E-state index >= 15 is 0 Å². The maximum Gasteiger partial charge on any atom is 0.305 e. The Bertz CT molecular complexity index is 1430. The second kappa shape index (κ2) is 61.3. The van der Waals surface area contributed by atoms with Crippen molar-refractivity contribution in [2.45, 2.75) is 259 Å². The Morgan fingerprint density at radius 3 is 0.659 bits per heavy atom. The van der Waals surface area contributed by atoms with Crippen molar-refractivity contribution in [2.75, 3.05) is 105 Å². The maximum atomic E-state index is 12.9. The molecule has 20 heteroatoms. The summed E-state index contributed by atoms with van der Waals surface area (Å²) in [6.07, 6.45) is 27.3. The molecule has 0 bridgehead atoms. The Labute approximate surface area is 512 Å². The molecule has 20 nitrogen and oxygen atoms in total. The number of carbonyl (C=O) groups excluding carboxylic acids is 8. The summed E-state index contributed by atoms with van der Waals surface area (Å²) >= 11 is 0. The lowest BCUT2D eigenvalue weighted by Crippen LogP contribution is -2.43. The lowest BCUT2D eigenvalue weighted by molar-refractivity contribution is -0.144. The average Bonchev–Trinajstić information content (AvgIpc) is 3.52. The largest absolute Gasteiger partial charge is 0.466 e. The van der Waals surface area contributed by atoms with Gasteiger partial charge in [0.2, 0.25) is 23.6 Å². The number of unbranched alkanes of at least 4 members (excludes halogenated alkanes) is 20. The normalized spacial score (nSPS) is 11.2.